The van der Waals surface area contributed by atoms with E-state index in [4.69, 9.17) is 21.7 Å². The summed E-state index contributed by atoms with van der Waals surface area (Å²) in [6.07, 6.45) is 0. The number of halogens is 1. The first kappa shape index (κ1) is 18.0. The van der Waals surface area contributed by atoms with E-state index in [9.17, 15) is 4.79 Å². The Morgan fingerprint density at radius 1 is 1.12 bits per heavy atom. The molecule has 8 heteroatoms. The normalized spacial score (nSPS) is 9.75. The lowest BCUT2D eigenvalue weighted by Crippen LogP contribution is -2.45. The second-order valence-electron chi connectivity index (χ2n) is 4.60. The highest BCUT2D eigenvalue weighted by Crippen LogP contribution is 2.17. The largest absolute Gasteiger partial charge is 0.497 e. The minimum atomic E-state index is -0.357. The second kappa shape index (κ2) is 9.09. The Morgan fingerprint density at radius 3 is 2.50 bits per heavy atom. The first-order valence-electron chi connectivity index (χ1n) is 6.95. The summed E-state index contributed by atoms with van der Waals surface area (Å²) in [5.74, 6) is 0.933. The van der Waals surface area contributed by atoms with E-state index >= 15 is 0 Å². The van der Waals surface area contributed by atoms with E-state index in [0.717, 1.165) is 15.9 Å². The fraction of sp³-hybridized carbons (Fsp3) is 0.125. The number of benzene rings is 2. The van der Waals surface area contributed by atoms with Gasteiger partial charge in [0.25, 0.3) is 5.91 Å². The molecule has 0 atom stereocenters. The van der Waals surface area contributed by atoms with Gasteiger partial charge in [0.15, 0.2) is 11.7 Å². The minimum Gasteiger partial charge on any atom is -0.497 e. The van der Waals surface area contributed by atoms with Crippen molar-refractivity contribution < 1.29 is 14.3 Å². The van der Waals surface area contributed by atoms with Crippen molar-refractivity contribution in [2.45, 2.75) is 0 Å². The number of hydrogen-bond acceptors (Lipinski definition) is 4. The molecule has 2 aromatic rings. The van der Waals surface area contributed by atoms with Gasteiger partial charge in [-0.3, -0.25) is 15.6 Å². The number of ether oxygens (including phenoxy) is 2. The van der Waals surface area contributed by atoms with Crippen molar-refractivity contribution in [3.63, 3.8) is 0 Å². The average molecular weight is 410 g/mol. The van der Waals surface area contributed by atoms with Crippen LogP contribution in [-0.4, -0.2) is 24.7 Å². The molecular formula is C16H16BrN3O3S. The lowest BCUT2D eigenvalue weighted by Gasteiger charge is -2.12. The van der Waals surface area contributed by atoms with Gasteiger partial charge < -0.3 is 14.8 Å². The van der Waals surface area contributed by atoms with Gasteiger partial charge in [0.1, 0.15) is 11.5 Å². The molecular weight excluding hydrogens is 394 g/mol. The highest BCUT2D eigenvalue weighted by Gasteiger charge is 2.04. The molecule has 0 radical (unpaired) electrons. The predicted molar refractivity (Wildman–Crippen MR) is 100 cm³/mol. The smallest absolute Gasteiger partial charge is 0.276 e. The van der Waals surface area contributed by atoms with Crippen molar-refractivity contribution in [2.75, 3.05) is 19.0 Å². The lowest BCUT2D eigenvalue weighted by molar-refractivity contribution is -0.123. The average Bonchev–Trinajstić information content (AvgIpc) is 2.58. The number of methoxy groups -OCH3 is 1. The Labute approximate surface area is 153 Å². The van der Waals surface area contributed by atoms with Crippen LogP contribution >= 0.6 is 28.1 Å². The third-order valence-electron chi connectivity index (χ3n) is 2.83. The van der Waals surface area contributed by atoms with Gasteiger partial charge in [-0.15, -0.1) is 0 Å². The number of hydrazine groups is 1. The zero-order valence-corrected chi connectivity index (χ0v) is 15.2. The molecule has 2 rings (SSSR count). The van der Waals surface area contributed by atoms with Crippen molar-refractivity contribution >= 4 is 44.9 Å². The monoisotopic (exact) mass is 409 g/mol. The Bertz CT molecular complexity index is 710. The fourth-order valence-corrected chi connectivity index (χ4v) is 2.28. The SMILES string of the molecule is COc1ccc(OCC(=O)NNC(=S)Nc2cccc(Br)c2)cc1. The molecule has 0 saturated carbocycles. The van der Waals surface area contributed by atoms with Gasteiger partial charge in [0.2, 0.25) is 0 Å². The van der Waals surface area contributed by atoms with E-state index in [0.29, 0.717) is 5.75 Å². The summed E-state index contributed by atoms with van der Waals surface area (Å²) in [6, 6.07) is 14.4. The first-order chi connectivity index (χ1) is 11.6. The first-order valence-corrected chi connectivity index (χ1v) is 8.15. The number of thiocarbonyl (C=S) groups is 1. The van der Waals surface area contributed by atoms with Crippen LogP contribution in [0.2, 0.25) is 0 Å². The van der Waals surface area contributed by atoms with Crippen LogP contribution in [0.1, 0.15) is 0 Å². The Kier molecular flexibility index (Phi) is 6.83. The number of rotatable bonds is 5. The molecule has 0 heterocycles. The summed E-state index contributed by atoms with van der Waals surface area (Å²) in [4.78, 5) is 11.7. The van der Waals surface area contributed by atoms with E-state index in [-0.39, 0.29) is 17.6 Å². The maximum Gasteiger partial charge on any atom is 0.276 e. The Balaban J connectivity index is 1.71. The number of hydrogen-bond donors (Lipinski definition) is 3. The fourth-order valence-electron chi connectivity index (χ4n) is 1.71. The predicted octanol–water partition coefficient (Wildman–Crippen LogP) is 2.85. The number of anilines is 1. The third-order valence-corrected chi connectivity index (χ3v) is 3.52. The molecule has 0 bridgehead atoms. The van der Waals surface area contributed by atoms with Gasteiger partial charge in [-0.1, -0.05) is 22.0 Å². The minimum absolute atomic E-state index is 0.140. The van der Waals surface area contributed by atoms with Crippen LogP contribution in [0.3, 0.4) is 0 Å². The summed E-state index contributed by atoms with van der Waals surface area (Å²) < 4.78 is 11.3. The van der Waals surface area contributed by atoms with Crippen LogP contribution in [0.4, 0.5) is 5.69 Å². The molecule has 0 aliphatic rings. The van der Waals surface area contributed by atoms with Crippen LogP contribution in [0.5, 0.6) is 11.5 Å². The molecule has 0 aliphatic heterocycles. The lowest BCUT2D eigenvalue weighted by atomic mass is 10.3. The van der Waals surface area contributed by atoms with Gasteiger partial charge in [0.05, 0.1) is 7.11 Å². The summed E-state index contributed by atoms with van der Waals surface area (Å²) >= 11 is 8.46. The summed E-state index contributed by atoms with van der Waals surface area (Å²) in [6.45, 7) is -0.140. The molecule has 24 heavy (non-hydrogen) atoms. The van der Waals surface area contributed by atoms with Gasteiger partial charge in [0, 0.05) is 10.2 Å². The van der Waals surface area contributed by atoms with Gasteiger partial charge in [-0.25, -0.2) is 0 Å². The summed E-state index contributed by atoms with van der Waals surface area (Å²) in [5.41, 5.74) is 5.86. The van der Waals surface area contributed by atoms with Crippen LogP contribution in [0.15, 0.2) is 53.0 Å². The molecule has 126 valence electrons. The van der Waals surface area contributed by atoms with E-state index < -0.39 is 0 Å². The number of carbonyl (C=O) groups excluding carboxylic acids is 1. The number of nitrogens with one attached hydrogen (secondary N) is 3. The van der Waals surface area contributed by atoms with Crippen LogP contribution in [0.25, 0.3) is 0 Å². The van der Waals surface area contributed by atoms with E-state index in [2.05, 4.69) is 32.1 Å². The molecule has 6 nitrogen and oxygen atoms in total. The zero-order valence-electron chi connectivity index (χ0n) is 12.8. The Hall–Kier alpha value is -2.32. The van der Waals surface area contributed by atoms with Gasteiger partial charge >= 0.3 is 0 Å². The molecule has 2 aromatic carbocycles. The van der Waals surface area contributed by atoms with E-state index in [1.165, 1.54) is 0 Å². The maximum atomic E-state index is 11.7. The molecule has 0 aromatic heterocycles. The standard InChI is InChI=1S/C16H16BrN3O3S/c1-22-13-5-7-14(8-6-13)23-10-15(21)19-20-16(24)18-12-4-2-3-11(17)9-12/h2-9H,10H2,1H3,(H,19,21)(H2,18,20,24). The van der Waals surface area contributed by atoms with Crippen molar-refractivity contribution in [1.29, 1.82) is 0 Å². The molecule has 3 N–H and O–H groups in total. The highest BCUT2D eigenvalue weighted by molar-refractivity contribution is 9.10. The van der Waals surface area contributed by atoms with E-state index in [1.807, 2.05) is 24.3 Å². The summed E-state index contributed by atoms with van der Waals surface area (Å²) in [5, 5.41) is 3.21. The van der Waals surface area contributed by atoms with Crippen molar-refractivity contribution in [3.8, 4) is 11.5 Å². The maximum absolute atomic E-state index is 11.7. The Morgan fingerprint density at radius 2 is 1.83 bits per heavy atom. The second-order valence-corrected chi connectivity index (χ2v) is 5.93. The number of carbonyl (C=O) groups is 1. The molecule has 0 spiro atoms. The van der Waals surface area contributed by atoms with Gasteiger partial charge in [-0.2, -0.15) is 0 Å². The molecule has 0 aliphatic carbocycles. The molecule has 0 unspecified atom stereocenters. The highest BCUT2D eigenvalue weighted by atomic mass is 79.9. The van der Waals surface area contributed by atoms with Crippen LogP contribution in [0, 0.1) is 0 Å². The molecule has 1 amide bonds. The van der Waals surface area contributed by atoms with E-state index in [1.54, 1.807) is 31.4 Å². The third kappa shape index (κ3) is 6.05. The van der Waals surface area contributed by atoms with Crippen LogP contribution < -0.4 is 25.6 Å². The molecule has 0 saturated heterocycles. The topological polar surface area (TPSA) is 71.6 Å². The number of amides is 1. The molecule has 0 fully saturated rings. The van der Waals surface area contributed by atoms with Crippen molar-refractivity contribution in [3.05, 3.63) is 53.0 Å². The van der Waals surface area contributed by atoms with Crippen LogP contribution in [-0.2, 0) is 4.79 Å². The van der Waals surface area contributed by atoms with Gasteiger partial charge in [-0.05, 0) is 54.7 Å². The van der Waals surface area contributed by atoms with Crippen molar-refractivity contribution in [2.24, 2.45) is 0 Å². The zero-order chi connectivity index (χ0) is 17.4. The van der Waals surface area contributed by atoms with Crippen molar-refractivity contribution in [1.82, 2.24) is 10.9 Å². The summed E-state index contributed by atoms with van der Waals surface area (Å²) in [7, 11) is 1.58. The quantitative estimate of drug-likeness (QED) is 0.520.